The number of methoxy groups -OCH3 is 1. The Kier molecular flexibility index (Phi) is 7.43. The van der Waals surface area contributed by atoms with E-state index in [9.17, 15) is 14.4 Å². The Morgan fingerprint density at radius 1 is 1.30 bits per heavy atom. The minimum absolute atomic E-state index is 0.0208. The van der Waals surface area contributed by atoms with Gasteiger partial charge in [-0.3, -0.25) is 4.79 Å². The maximum absolute atomic E-state index is 13.5. The van der Waals surface area contributed by atoms with E-state index in [0.717, 1.165) is 19.3 Å². The molecule has 5 rings (SSSR count). The van der Waals surface area contributed by atoms with Gasteiger partial charge in [-0.2, -0.15) is 5.10 Å². The van der Waals surface area contributed by atoms with E-state index < -0.39 is 17.7 Å². The number of carbonyl (C=O) groups is 3. The molecule has 11 heteroatoms. The van der Waals surface area contributed by atoms with Crippen molar-refractivity contribution in [2.75, 3.05) is 20.3 Å². The van der Waals surface area contributed by atoms with Crippen LogP contribution in [0.2, 0.25) is 0 Å². The first kappa shape index (κ1) is 26.8. The molecule has 4 bridgehead atoms. The lowest BCUT2D eigenvalue weighted by Crippen LogP contribution is -2.64. The number of hydrogen-bond acceptors (Lipinski definition) is 7. The molecule has 0 saturated heterocycles. The van der Waals surface area contributed by atoms with Crippen LogP contribution in [-0.2, 0) is 16.0 Å². The normalized spacial score (nSPS) is 25.7. The molecule has 4 aliphatic carbocycles. The van der Waals surface area contributed by atoms with Crippen LogP contribution in [0.5, 0.6) is 5.88 Å². The zero-order valence-electron chi connectivity index (χ0n) is 22.3. The van der Waals surface area contributed by atoms with E-state index in [2.05, 4.69) is 21.8 Å². The van der Waals surface area contributed by atoms with Crippen LogP contribution in [0.1, 0.15) is 63.7 Å². The highest BCUT2D eigenvalue weighted by Gasteiger charge is 2.61. The van der Waals surface area contributed by atoms with Crippen molar-refractivity contribution in [2.45, 2.75) is 71.5 Å². The summed E-state index contributed by atoms with van der Waals surface area (Å²) in [7, 11) is 1.33. The lowest BCUT2D eigenvalue weighted by molar-refractivity contribution is -0.0424. The molecule has 3 amide bonds. The largest absolute Gasteiger partial charge is 0.477 e. The number of aromatic nitrogens is 2. The van der Waals surface area contributed by atoms with Crippen molar-refractivity contribution in [3.63, 3.8) is 0 Å². The second-order valence-electron chi connectivity index (χ2n) is 11.6. The summed E-state index contributed by atoms with van der Waals surface area (Å²) in [5, 5.41) is 10.5. The van der Waals surface area contributed by atoms with Crippen molar-refractivity contribution in [3.8, 4) is 5.88 Å². The van der Waals surface area contributed by atoms with Crippen molar-refractivity contribution in [2.24, 2.45) is 28.9 Å². The summed E-state index contributed by atoms with van der Waals surface area (Å²) in [5.41, 5.74) is 6.20. The van der Waals surface area contributed by atoms with Gasteiger partial charge in [0.25, 0.3) is 5.91 Å². The molecule has 4 atom stereocenters. The first-order valence-corrected chi connectivity index (χ1v) is 12.9. The molecule has 0 spiro atoms. The molecule has 1 heterocycles. The number of primary amides is 1. The number of aryl methyl sites for hydroxylation is 1. The summed E-state index contributed by atoms with van der Waals surface area (Å²) in [6, 6.07) is 0.0208. The fourth-order valence-electron chi connectivity index (χ4n) is 5.99. The average molecular weight is 518 g/mol. The number of rotatable bonds is 11. The minimum Gasteiger partial charge on any atom is -0.477 e. The molecule has 1 aromatic rings. The van der Waals surface area contributed by atoms with Gasteiger partial charge in [-0.15, -0.1) is 0 Å². The predicted molar refractivity (Wildman–Crippen MR) is 135 cm³/mol. The Balaban J connectivity index is 1.45. The molecule has 0 aliphatic heterocycles. The fourth-order valence-corrected chi connectivity index (χ4v) is 5.99. The third-order valence-corrected chi connectivity index (χ3v) is 7.81. The van der Waals surface area contributed by atoms with Gasteiger partial charge in [-0.1, -0.05) is 25.5 Å². The Morgan fingerprint density at radius 3 is 2.68 bits per heavy atom. The number of hydrogen-bond donors (Lipinski definition) is 3. The van der Waals surface area contributed by atoms with E-state index >= 15 is 0 Å². The Hall–Kier alpha value is -3.24. The highest BCUT2D eigenvalue weighted by atomic mass is 16.5. The van der Waals surface area contributed by atoms with Crippen LogP contribution in [-0.4, -0.2) is 59.8 Å². The fraction of sp³-hybridized carbons (Fsp3) is 0.692. The quantitative estimate of drug-likeness (QED) is 0.382. The minimum atomic E-state index is -0.750. The first-order chi connectivity index (χ1) is 17.4. The smallest absolute Gasteiger partial charge is 0.407 e. The lowest BCUT2D eigenvalue weighted by atomic mass is 9.43. The van der Waals surface area contributed by atoms with E-state index in [4.69, 9.17) is 19.9 Å². The summed E-state index contributed by atoms with van der Waals surface area (Å²) < 4.78 is 17.6. The van der Waals surface area contributed by atoms with E-state index in [0.29, 0.717) is 37.6 Å². The molecular weight excluding hydrogens is 478 g/mol. The van der Waals surface area contributed by atoms with Gasteiger partial charge in [-0.05, 0) is 51.4 Å². The van der Waals surface area contributed by atoms with E-state index in [1.165, 1.54) is 12.7 Å². The van der Waals surface area contributed by atoms with Crippen LogP contribution in [0.4, 0.5) is 9.59 Å². The van der Waals surface area contributed by atoms with Crippen molar-refractivity contribution in [3.05, 3.63) is 23.4 Å². The highest BCUT2D eigenvalue weighted by Crippen LogP contribution is 2.65. The number of fused-ring (bicyclic) bond motifs is 1. The topological polar surface area (TPSA) is 147 Å². The van der Waals surface area contributed by atoms with Crippen LogP contribution in [0, 0.1) is 23.2 Å². The number of alkyl carbamates (subject to hydrolysis) is 1. The SMILES string of the molecule is COC(=O)NC(C)(C)CCn1ncc(C(=O)N[C@@H]2C3CC=C4C2C[C@]4(COC(N)=O)C3)c1OCC(C)C. The van der Waals surface area contributed by atoms with Gasteiger partial charge in [0.05, 0.1) is 19.9 Å². The van der Waals surface area contributed by atoms with Crippen molar-refractivity contribution >= 4 is 18.1 Å². The monoisotopic (exact) mass is 517 g/mol. The van der Waals surface area contributed by atoms with E-state index in [1.807, 2.05) is 27.7 Å². The Labute approximate surface area is 217 Å². The second-order valence-corrected chi connectivity index (χ2v) is 11.6. The lowest BCUT2D eigenvalue weighted by Gasteiger charge is -2.63. The van der Waals surface area contributed by atoms with Crippen LogP contribution >= 0.6 is 0 Å². The van der Waals surface area contributed by atoms with Gasteiger partial charge in [0.2, 0.25) is 5.88 Å². The van der Waals surface area contributed by atoms with Crippen LogP contribution in [0.15, 0.2) is 17.8 Å². The van der Waals surface area contributed by atoms with Crippen LogP contribution in [0.3, 0.4) is 0 Å². The molecule has 2 saturated carbocycles. The molecule has 0 aromatic carbocycles. The maximum Gasteiger partial charge on any atom is 0.407 e. The Bertz CT molecular complexity index is 1080. The van der Waals surface area contributed by atoms with Crippen molar-refractivity contribution < 1.29 is 28.6 Å². The maximum atomic E-state index is 13.5. The average Bonchev–Trinajstić information content (AvgIpc) is 3.23. The molecule has 1 aromatic heterocycles. The molecule has 11 nitrogen and oxygen atoms in total. The van der Waals surface area contributed by atoms with Gasteiger partial charge in [0, 0.05) is 29.5 Å². The van der Waals surface area contributed by atoms with Gasteiger partial charge >= 0.3 is 12.2 Å². The van der Waals surface area contributed by atoms with E-state index in [-0.39, 0.29) is 35.1 Å². The number of nitrogens with zero attached hydrogens (tertiary/aromatic N) is 2. The highest BCUT2D eigenvalue weighted by molar-refractivity contribution is 5.96. The number of allylic oxidation sites excluding steroid dienone is 1. The summed E-state index contributed by atoms with van der Waals surface area (Å²) in [4.78, 5) is 36.3. The van der Waals surface area contributed by atoms with E-state index in [1.54, 1.807) is 10.9 Å². The molecular formula is C26H39N5O6. The van der Waals surface area contributed by atoms with Gasteiger partial charge in [0.1, 0.15) is 12.2 Å². The Morgan fingerprint density at radius 2 is 2.05 bits per heavy atom. The van der Waals surface area contributed by atoms with Crippen molar-refractivity contribution in [1.29, 1.82) is 0 Å². The number of amides is 3. The number of ether oxygens (including phenoxy) is 3. The molecule has 2 unspecified atom stereocenters. The molecule has 4 aliphatic rings. The third-order valence-electron chi connectivity index (χ3n) is 7.81. The second kappa shape index (κ2) is 10.3. The van der Waals surface area contributed by atoms with Crippen LogP contribution in [0.25, 0.3) is 0 Å². The summed E-state index contributed by atoms with van der Waals surface area (Å²) in [5.74, 6) is 1.01. The molecule has 4 N–H and O–H groups in total. The van der Waals surface area contributed by atoms with Gasteiger partial charge in [-0.25, -0.2) is 14.3 Å². The van der Waals surface area contributed by atoms with Gasteiger partial charge < -0.3 is 30.6 Å². The van der Waals surface area contributed by atoms with Gasteiger partial charge in [0.15, 0.2) is 0 Å². The summed E-state index contributed by atoms with van der Waals surface area (Å²) in [6.07, 6.45) is 5.73. The molecule has 37 heavy (non-hydrogen) atoms. The number of carbonyl (C=O) groups excluding carboxylic acids is 3. The predicted octanol–water partition coefficient (Wildman–Crippen LogP) is 2.99. The van der Waals surface area contributed by atoms with Crippen LogP contribution < -0.4 is 21.1 Å². The summed E-state index contributed by atoms with van der Waals surface area (Å²) in [6.45, 7) is 9.08. The zero-order chi connectivity index (χ0) is 27.0. The summed E-state index contributed by atoms with van der Waals surface area (Å²) >= 11 is 0. The third kappa shape index (κ3) is 5.55. The van der Waals surface area contributed by atoms with Crippen molar-refractivity contribution in [1.82, 2.24) is 20.4 Å². The number of nitrogens with one attached hydrogen (secondary N) is 2. The first-order valence-electron chi connectivity index (χ1n) is 12.9. The number of nitrogens with two attached hydrogens (primary N) is 1. The zero-order valence-corrected chi connectivity index (χ0v) is 22.3. The molecule has 0 radical (unpaired) electrons. The molecule has 204 valence electrons. The molecule has 2 fully saturated rings. The standard InChI is InChI=1S/C26H39N5O6/c1-15(2)13-36-22-18(12-28-31(22)9-8-25(3,4)30-24(34)35-5)21(32)29-20-16-6-7-19-17(20)11-26(19,10-16)14-37-23(27)33/h7,12,15-17,20H,6,8-11,13-14H2,1-5H3,(H2,27,33)(H,29,32)(H,30,34)/t16?,17?,20-,26+/m1/s1.